The van der Waals surface area contributed by atoms with E-state index in [0.29, 0.717) is 24.2 Å². The van der Waals surface area contributed by atoms with E-state index in [4.69, 9.17) is 0 Å². The number of benzene rings is 1. The summed E-state index contributed by atoms with van der Waals surface area (Å²) in [5.41, 5.74) is 1.57. The van der Waals surface area contributed by atoms with Crippen LogP contribution in [0.4, 0.5) is 0 Å². The van der Waals surface area contributed by atoms with Crippen molar-refractivity contribution in [1.82, 2.24) is 15.5 Å². The third kappa shape index (κ3) is 6.21. The molecule has 1 saturated carbocycles. The Kier molecular flexibility index (Phi) is 6.67. The molecule has 1 aromatic rings. The minimum absolute atomic E-state index is 0.0215. The highest BCUT2D eigenvalue weighted by atomic mass is 16.2. The van der Waals surface area contributed by atoms with Gasteiger partial charge in [0.2, 0.25) is 5.91 Å². The first-order valence-electron chi connectivity index (χ1n) is 10.1. The number of nitrogens with zero attached hydrogens (tertiary/aromatic N) is 1. The molecule has 0 bridgehead atoms. The average Bonchev–Trinajstić information content (AvgIpc) is 3.48. The lowest BCUT2D eigenvalue weighted by Gasteiger charge is -2.35. The topological polar surface area (TPSA) is 61.4 Å². The number of carbonyl (C=O) groups excluding carboxylic acids is 2. The minimum atomic E-state index is -0.0811. The van der Waals surface area contributed by atoms with Crippen molar-refractivity contribution in [2.24, 2.45) is 5.92 Å². The quantitative estimate of drug-likeness (QED) is 0.727. The smallest absolute Gasteiger partial charge is 0.251 e. The van der Waals surface area contributed by atoms with Crippen molar-refractivity contribution < 1.29 is 9.59 Å². The summed E-state index contributed by atoms with van der Waals surface area (Å²) in [7, 11) is 0. The van der Waals surface area contributed by atoms with E-state index in [1.54, 1.807) is 24.3 Å². The van der Waals surface area contributed by atoms with Crippen LogP contribution in [0.2, 0.25) is 0 Å². The summed E-state index contributed by atoms with van der Waals surface area (Å²) in [5.74, 6) is 0.639. The van der Waals surface area contributed by atoms with E-state index >= 15 is 0 Å². The molecule has 1 heterocycles. The molecule has 0 spiro atoms. The molecule has 2 N–H and O–H groups in total. The first-order chi connectivity index (χ1) is 13.0. The summed E-state index contributed by atoms with van der Waals surface area (Å²) in [6, 6.07) is 8.04. The van der Waals surface area contributed by atoms with Crippen molar-refractivity contribution in [2.45, 2.75) is 51.6 Å². The summed E-state index contributed by atoms with van der Waals surface area (Å²) in [4.78, 5) is 26.5. The zero-order valence-electron chi connectivity index (χ0n) is 16.4. The molecular weight excluding hydrogens is 338 g/mol. The second kappa shape index (κ2) is 9.18. The molecule has 1 aliphatic carbocycles. The van der Waals surface area contributed by atoms with Gasteiger partial charge in [-0.15, -0.1) is 0 Å². The Hall–Kier alpha value is -2.14. The van der Waals surface area contributed by atoms with Gasteiger partial charge in [-0.3, -0.25) is 14.5 Å². The largest absolute Gasteiger partial charge is 0.351 e. The number of rotatable bonds is 7. The predicted molar refractivity (Wildman–Crippen MR) is 108 cm³/mol. The maximum Gasteiger partial charge on any atom is 0.251 e. The molecule has 1 aliphatic heterocycles. The van der Waals surface area contributed by atoms with Crippen LogP contribution in [0, 0.1) is 5.92 Å². The number of carbonyl (C=O) groups is 2. The van der Waals surface area contributed by atoms with E-state index in [1.165, 1.54) is 12.8 Å². The molecule has 146 valence electrons. The van der Waals surface area contributed by atoms with E-state index in [9.17, 15) is 9.59 Å². The van der Waals surface area contributed by atoms with Gasteiger partial charge in [-0.1, -0.05) is 19.1 Å². The van der Waals surface area contributed by atoms with Crippen LogP contribution in [-0.4, -0.2) is 48.4 Å². The molecule has 2 amide bonds. The second-order valence-electron chi connectivity index (χ2n) is 8.04. The molecule has 2 fully saturated rings. The molecule has 2 unspecified atom stereocenters. The first-order valence-corrected chi connectivity index (χ1v) is 10.1. The Morgan fingerprint density at radius 2 is 1.96 bits per heavy atom. The SMILES string of the molecule is CC1CCCN(C(C)CNC(=O)/C=C/c2ccc(C(=O)NC3CC3)cc2)C1. The first kappa shape index (κ1) is 19.6. The van der Waals surface area contributed by atoms with E-state index in [0.717, 1.165) is 37.4 Å². The summed E-state index contributed by atoms with van der Waals surface area (Å²) in [6.45, 7) is 7.37. The van der Waals surface area contributed by atoms with Gasteiger partial charge < -0.3 is 10.6 Å². The Morgan fingerprint density at radius 1 is 1.22 bits per heavy atom. The zero-order chi connectivity index (χ0) is 19.2. The van der Waals surface area contributed by atoms with Gasteiger partial charge in [-0.2, -0.15) is 0 Å². The number of likely N-dealkylation sites (tertiary alicyclic amines) is 1. The maximum absolute atomic E-state index is 12.1. The molecule has 27 heavy (non-hydrogen) atoms. The van der Waals surface area contributed by atoms with Gasteiger partial charge in [-0.25, -0.2) is 0 Å². The minimum Gasteiger partial charge on any atom is -0.351 e. The Morgan fingerprint density at radius 3 is 2.63 bits per heavy atom. The molecule has 2 aliphatic rings. The third-order valence-corrected chi connectivity index (χ3v) is 5.40. The van der Waals surface area contributed by atoms with Crippen molar-refractivity contribution in [1.29, 1.82) is 0 Å². The van der Waals surface area contributed by atoms with E-state index in [2.05, 4.69) is 29.4 Å². The highest BCUT2D eigenvalue weighted by Crippen LogP contribution is 2.19. The third-order valence-electron chi connectivity index (χ3n) is 5.40. The van der Waals surface area contributed by atoms with Gasteiger partial charge in [0, 0.05) is 36.8 Å². The summed E-state index contributed by atoms with van der Waals surface area (Å²) >= 11 is 0. The van der Waals surface area contributed by atoms with Crippen LogP contribution in [0.5, 0.6) is 0 Å². The summed E-state index contributed by atoms with van der Waals surface area (Å²) < 4.78 is 0. The number of amides is 2. The monoisotopic (exact) mass is 369 g/mol. The fraction of sp³-hybridized carbons (Fsp3) is 0.545. The van der Waals surface area contributed by atoms with Crippen LogP contribution >= 0.6 is 0 Å². The lowest BCUT2D eigenvalue weighted by Crippen LogP contribution is -2.46. The molecule has 1 saturated heterocycles. The van der Waals surface area contributed by atoms with Gasteiger partial charge >= 0.3 is 0 Å². The molecule has 0 aromatic heterocycles. The van der Waals surface area contributed by atoms with Crippen molar-refractivity contribution in [3.05, 3.63) is 41.5 Å². The summed E-state index contributed by atoms with van der Waals surface area (Å²) in [6.07, 6.45) is 8.05. The normalized spacial score (nSPS) is 21.8. The average molecular weight is 370 g/mol. The van der Waals surface area contributed by atoms with Crippen LogP contribution in [0.15, 0.2) is 30.3 Å². The molecule has 5 heteroatoms. The van der Waals surface area contributed by atoms with Gasteiger partial charge in [0.1, 0.15) is 0 Å². The van der Waals surface area contributed by atoms with Gasteiger partial charge in [0.05, 0.1) is 0 Å². The molecule has 1 aromatic carbocycles. The van der Waals surface area contributed by atoms with Crippen LogP contribution in [0.1, 0.15) is 55.5 Å². The Bertz CT molecular complexity index is 679. The lowest BCUT2D eigenvalue weighted by molar-refractivity contribution is -0.116. The maximum atomic E-state index is 12.1. The van der Waals surface area contributed by atoms with E-state index in [1.807, 2.05) is 12.1 Å². The highest BCUT2D eigenvalue weighted by Gasteiger charge is 2.23. The van der Waals surface area contributed by atoms with Crippen molar-refractivity contribution in [2.75, 3.05) is 19.6 Å². The molecule has 3 rings (SSSR count). The van der Waals surface area contributed by atoms with Gasteiger partial charge in [0.25, 0.3) is 5.91 Å². The van der Waals surface area contributed by atoms with Crippen LogP contribution in [-0.2, 0) is 4.79 Å². The number of piperidine rings is 1. The zero-order valence-corrected chi connectivity index (χ0v) is 16.4. The lowest BCUT2D eigenvalue weighted by atomic mass is 9.99. The number of hydrogen-bond donors (Lipinski definition) is 2. The highest BCUT2D eigenvalue weighted by molar-refractivity contribution is 5.95. The fourth-order valence-corrected chi connectivity index (χ4v) is 3.48. The van der Waals surface area contributed by atoms with Crippen LogP contribution < -0.4 is 10.6 Å². The van der Waals surface area contributed by atoms with Crippen molar-refractivity contribution in [3.63, 3.8) is 0 Å². The van der Waals surface area contributed by atoms with E-state index in [-0.39, 0.29) is 11.8 Å². The number of nitrogens with one attached hydrogen (secondary N) is 2. The second-order valence-corrected chi connectivity index (χ2v) is 8.04. The standard InChI is InChI=1S/C22H31N3O2/c1-16-4-3-13-25(15-16)17(2)14-23-21(26)12-7-18-5-8-19(9-6-18)22(27)24-20-10-11-20/h5-9,12,16-17,20H,3-4,10-11,13-15H2,1-2H3,(H,23,26)(H,24,27)/b12-7+. The molecular formula is C22H31N3O2. The van der Waals surface area contributed by atoms with Crippen molar-refractivity contribution >= 4 is 17.9 Å². The van der Waals surface area contributed by atoms with Crippen LogP contribution in [0.3, 0.4) is 0 Å². The van der Waals surface area contributed by atoms with Crippen LogP contribution in [0.25, 0.3) is 6.08 Å². The predicted octanol–water partition coefficient (Wildman–Crippen LogP) is 2.83. The molecule has 0 radical (unpaired) electrons. The molecule has 2 atom stereocenters. The number of hydrogen-bond acceptors (Lipinski definition) is 3. The van der Waals surface area contributed by atoms with Crippen molar-refractivity contribution in [3.8, 4) is 0 Å². The molecule has 5 nitrogen and oxygen atoms in total. The Labute approximate surface area is 162 Å². The summed E-state index contributed by atoms with van der Waals surface area (Å²) in [5, 5.41) is 5.96. The fourth-order valence-electron chi connectivity index (χ4n) is 3.48. The van der Waals surface area contributed by atoms with Gasteiger partial charge in [0.15, 0.2) is 0 Å². The van der Waals surface area contributed by atoms with Gasteiger partial charge in [-0.05, 0) is 68.8 Å². The van der Waals surface area contributed by atoms with E-state index < -0.39 is 0 Å². The Balaban J connectivity index is 1.42.